The third kappa shape index (κ3) is 4.68. The van der Waals surface area contributed by atoms with Gasteiger partial charge < -0.3 is 15.1 Å². The monoisotopic (exact) mass is 383 g/mol. The summed E-state index contributed by atoms with van der Waals surface area (Å²) in [4.78, 5) is 29.7. The van der Waals surface area contributed by atoms with Gasteiger partial charge in [-0.05, 0) is 50.0 Å². The number of carbonyl (C=O) groups is 2. The molecule has 0 radical (unpaired) electrons. The Kier molecular flexibility index (Phi) is 6.18. The van der Waals surface area contributed by atoms with Crippen LogP contribution in [0.25, 0.3) is 0 Å². The van der Waals surface area contributed by atoms with Crippen LogP contribution in [0.2, 0.25) is 0 Å². The summed E-state index contributed by atoms with van der Waals surface area (Å²) in [5, 5.41) is 3.27. The van der Waals surface area contributed by atoms with Crippen molar-refractivity contribution in [3.8, 4) is 0 Å². The number of amides is 3. The molecule has 0 unspecified atom stereocenters. The second-order valence-electron chi connectivity index (χ2n) is 8.68. The van der Waals surface area contributed by atoms with Crippen LogP contribution in [0.3, 0.4) is 0 Å². The number of hydrogen-bond donors (Lipinski definition) is 1. The summed E-state index contributed by atoms with van der Waals surface area (Å²) in [6, 6.07) is 10.5. The van der Waals surface area contributed by atoms with Gasteiger partial charge in [-0.25, -0.2) is 4.79 Å². The number of rotatable bonds is 4. The molecule has 1 atom stereocenters. The van der Waals surface area contributed by atoms with Crippen molar-refractivity contribution in [2.24, 2.45) is 11.8 Å². The first-order valence-electron chi connectivity index (χ1n) is 11.1. The van der Waals surface area contributed by atoms with E-state index in [9.17, 15) is 9.59 Å². The second kappa shape index (κ2) is 8.97. The lowest BCUT2D eigenvalue weighted by atomic mass is 9.95. The average Bonchev–Trinajstić information content (AvgIpc) is 3.59. The largest absolute Gasteiger partial charge is 0.342 e. The van der Waals surface area contributed by atoms with E-state index >= 15 is 0 Å². The van der Waals surface area contributed by atoms with Crippen LogP contribution in [-0.4, -0.2) is 47.9 Å². The molecule has 1 aromatic carbocycles. The van der Waals surface area contributed by atoms with Crippen LogP contribution in [0.15, 0.2) is 30.3 Å². The Balaban J connectivity index is 1.29. The van der Waals surface area contributed by atoms with Crippen molar-refractivity contribution in [1.29, 1.82) is 0 Å². The fraction of sp³-hybridized carbons (Fsp3) is 0.652. The zero-order chi connectivity index (χ0) is 19.3. The molecule has 5 nitrogen and oxygen atoms in total. The van der Waals surface area contributed by atoms with E-state index in [4.69, 9.17) is 0 Å². The molecule has 1 aromatic rings. The molecule has 2 heterocycles. The number of piperidine rings is 1. The number of hydrogen-bond acceptors (Lipinski definition) is 2. The van der Waals surface area contributed by atoms with E-state index < -0.39 is 0 Å². The predicted octanol–water partition coefficient (Wildman–Crippen LogP) is 3.96. The molecule has 1 aliphatic carbocycles. The molecule has 2 aliphatic heterocycles. The summed E-state index contributed by atoms with van der Waals surface area (Å²) >= 11 is 0. The van der Waals surface area contributed by atoms with E-state index in [0.29, 0.717) is 24.9 Å². The number of likely N-dealkylation sites (tertiary alicyclic amines) is 2. The summed E-state index contributed by atoms with van der Waals surface area (Å²) < 4.78 is 0. The molecular weight excluding hydrogens is 350 g/mol. The molecule has 3 fully saturated rings. The van der Waals surface area contributed by atoms with Gasteiger partial charge in [0.15, 0.2) is 0 Å². The standard InChI is InChI=1S/C23H33N3O2/c27-22(25-14-6-1-2-7-15-25)20-12-16-26(17-13-20)23(28)24-21(19-10-11-19)18-8-4-3-5-9-18/h3-5,8-9,19-21H,1-2,6-7,10-17H2,(H,24,28)/t21-/m0/s1. The van der Waals surface area contributed by atoms with Crippen LogP contribution < -0.4 is 5.32 Å². The normalized spacial score (nSPS) is 22.4. The molecule has 4 rings (SSSR count). The van der Waals surface area contributed by atoms with Gasteiger partial charge >= 0.3 is 6.03 Å². The van der Waals surface area contributed by atoms with Crippen molar-refractivity contribution in [3.05, 3.63) is 35.9 Å². The Morgan fingerprint density at radius 3 is 2.07 bits per heavy atom. The predicted molar refractivity (Wildman–Crippen MR) is 110 cm³/mol. The molecule has 3 aliphatic rings. The molecule has 1 saturated carbocycles. The first-order chi connectivity index (χ1) is 13.7. The van der Waals surface area contributed by atoms with E-state index in [1.165, 1.54) is 31.2 Å². The van der Waals surface area contributed by atoms with Gasteiger partial charge in [0.2, 0.25) is 5.91 Å². The van der Waals surface area contributed by atoms with E-state index in [2.05, 4.69) is 22.3 Å². The molecule has 0 spiro atoms. The Bertz CT molecular complexity index is 658. The smallest absolute Gasteiger partial charge is 0.317 e. The first-order valence-corrected chi connectivity index (χ1v) is 11.1. The van der Waals surface area contributed by atoms with Crippen LogP contribution in [-0.2, 0) is 4.79 Å². The topological polar surface area (TPSA) is 52.7 Å². The highest BCUT2D eigenvalue weighted by molar-refractivity contribution is 5.80. The highest BCUT2D eigenvalue weighted by atomic mass is 16.2. The van der Waals surface area contributed by atoms with E-state index in [-0.39, 0.29) is 18.0 Å². The number of nitrogens with zero attached hydrogens (tertiary/aromatic N) is 2. The Labute approximate surface area is 168 Å². The molecule has 0 bridgehead atoms. The quantitative estimate of drug-likeness (QED) is 0.856. The van der Waals surface area contributed by atoms with Crippen LogP contribution in [0.4, 0.5) is 4.79 Å². The lowest BCUT2D eigenvalue weighted by Gasteiger charge is -2.35. The van der Waals surface area contributed by atoms with Gasteiger partial charge in [0.25, 0.3) is 0 Å². The fourth-order valence-electron chi connectivity index (χ4n) is 4.67. The van der Waals surface area contributed by atoms with E-state index in [0.717, 1.165) is 38.8 Å². The minimum absolute atomic E-state index is 0.0291. The maximum absolute atomic E-state index is 12.9. The number of nitrogens with one attached hydrogen (secondary N) is 1. The maximum atomic E-state index is 12.9. The van der Waals surface area contributed by atoms with Crippen LogP contribution in [0, 0.1) is 11.8 Å². The highest BCUT2D eigenvalue weighted by Crippen LogP contribution is 2.41. The zero-order valence-electron chi connectivity index (χ0n) is 16.8. The molecule has 0 aromatic heterocycles. The summed E-state index contributed by atoms with van der Waals surface area (Å²) in [7, 11) is 0. The highest BCUT2D eigenvalue weighted by Gasteiger charge is 2.35. The summed E-state index contributed by atoms with van der Waals surface area (Å²) in [6.45, 7) is 3.20. The molecular formula is C23H33N3O2. The minimum atomic E-state index is 0.0291. The SMILES string of the molecule is O=C(N[C@@H](c1ccccc1)C1CC1)N1CCC(C(=O)N2CCCCCC2)CC1. The second-order valence-corrected chi connectivity index (χ2v) is 8.68. The summed E-state index contributed by atoms with van der Waals surface area (Å²) in [6.07, 6.45) is 8.71. The van der Waals surface area contributed by atoms with Crippen molar-refractivity contribution in [2.75, 3.05) is 26.2 Å². The van der Waals surface area contributed by atoms with Gasteiger partial charge in [0.05, 0.1) is 6.04 Å². The summed E-state index contributed by atoms with van der Waals surface area (Å²) in [5.74, 6) is 0.978. The van der Waals surface area contributed by atoms with E-state index in [1.807, 2.05) is 23.1 Å². The Hall–Kier alpha value is -2.04. The third-order valence-corrected chi connectivity index (χ3v) is 6.58. The molecule has 28 heavy (non-hydrogen) atoms. The summed E-state index contributed by atoms with van der Waals surface area (Å²) in [5.41, 5.74) is 1.20. The zero-order valence-corrected chi connectivity index (χ0v) is 16.8. The van der Waals surface area contributed by atoms with Crippen molar-refractivity contribution < 1.29 is 9.59 Å². The van der Waals surface area contributed by atoms with E-state index in [1.54, 1.807) is 0 Å². The maximum Gasteiger partial charge on any atom is 0.317 e. The van der Waals surface area contributed by atoms with Gasteiger partial charge in [-0.1, -0.05) is 43.2 Å². The Morgan fingerprint density at radius 1 is 0.821 bits per heavy atom. The first kappa shape index (κ1) is 19.3. The minimum Gasteiger partial charge on any atom is -0.342 e. The number of carbonyl (C=O) groups excluding carboxylic acids is 2. The van der Waals surface area contributed by atoms with Crippen molar-refractivity contribution in [3.63, 3.8) is 0 Å². The van der Waals surface area contributed by atoms with Gasteiger partial charge in [0.1, 0.15) is 0 Å². The fourth-order valence-corrected chi connectivity index (χ4v) is 4.67. The van der Waals surface area contributed by atoms with Gasteiger partial charge in [0, 0.05) is 32.1 Å². The lowest BCUT2D eigenvalue weighted by molar-refractivity contribution is -0.136. The lowest BCUT2D eigenvalue weighted by Crippen LogP contribution is -2.48. The van der Waals surface area contributed by atoms with Gasteiger partial charge in [-0.15, -0.1) is 0 Å². The molecule has 5 heteroatoms. The van der Waals surface area contributed by atoms with Crippen molar-refractivity contribution >= 4 is 11.9 Å². The number of benzene rings is 1. The third-order valence-electron chi connectivity index (χ3n) is 6.58. The molecule has 152 valence electrons. The van der Waals surface area contributed by atoms with Crippen LogP contribution in [0.5, 0.6) is 0 Å². The average molecular weight is 384 g/mol. The molecule has 1 N–H and O–H groups in total. The number of urea groups is 1. The van der Waals surface area contributed by atoms with Crippen molar-refractivity contribution in [2.45, 2.75) is 57.4 Å². The molecule has 3 amide bonds. The van der Waals surface area contributed by atoms with Gasteiger partial charge in [-0.3, -0.25) is 4.79 Å². The molecule has 2 saturated heterocycles. The van der Waals surface area contributed by atoms with Gasteiger partial charge in [-0.2, -0.15) is 0 Å². The van der Waals surface area contributed by atoms with Crippen molar-refractivity contribution in [1.82, 2.24) is 15.1 Å². The van der Waals surface area contributed by atoms with Crippen LogP contribution >= 0.6 is 0 Å². The Morgan fingerprint density at radius 2 is 1.46 bits per heavy atom. The van der Waals surface area contributed by atoms with Crippen LogP contribution in [0.1, 0.15) is 63.0 Å².